The van der Waals surface area contributed by atoms with E-state index >= 15 is 0 Å². The van der Waals surface area contributed by atoms with Crippen LogP contribution in [0.25, 0.3) is 6.08 Å². The van der Waals surface area contributed by atoms with Gasteiger partial charge in [-0.05, 0) is 29.8 Å². The fourth-order valence-corrected chi connectivity index (χ4v) is 2.03. The van der Waals surface area contributed by atoms with Gasteiger partial charge in [0.2, 0.25) is 0 Å². The van der Waals surface area contributed by atoms with E-state index in [-0.39, 0.29) is 5.78 Å². The Hall–Kier alpha value is -2.33. The van der Waals surface area contributed by atoms with Crippen LogP contribution >= 0.6 is 11.6 Å². The van der Waals surface area contributed by atoms with Crippen LogP contribution in [-0.2, 0) is 0 Å². The molecule has 108 valence electrons. The summed E-state index contributed by atoms with van der Waals surface area (Å²) in [6, 6.07) is 6.78. The van der Waals surface area contributed by atoms with Crippen LogP contribution in [0.2, 0.25) is 5.02 Å². The van der Waals surface area contributed by atoms with Crippen LogP contribution in [0.5, 0.6) is 11.5 Å². The zero-order valence-corrected chi connectivity index (χ0v) is 12.4. The number of pyridine rings is 1. The van der Waals surface area contributed by atoms with Gasteiger partial charge in [-0.15, -0.1) is 0 Å². The minimum absolute atomic E-state index is 0.208. The second-order valence-electron chi connectivity index (χ2n) is 4.17. The maximum absolute atomic E-state index is 12.3. The monoisotopic (exact) mass is 303 g/mol. The van der Waals surface area contributed by atoms with E-state index in [2.05, 4.69) is 4.98 Å². The zero-order chi connectivity index (χ0) is 15.2. The number of halogens is 1. The van der Waals surface area contributed by atoms with Crippen molar-refractivity contribution in [2.45, 2.75) is 0 Å². The Morgan fingerprint density at radius 1 is 1.24 bits per heavy atom. The number of aromatic nitrogens is 1. The predicted molar refractivity (Wildman–Crippen MR) is 82.2 cm³/mol. The molecule has 2 rings (SSSR count). The Balaban J connectivity index is 2.31. The Bertz CT molecular complexity index is 669. The number of ether oxygens (including phenoxy) is 2. The van der Waals surface area contributed by atoms with Crippen LogP contribution in [0.3, 0.4) is 0 Å². The van der Waals surface area contributed by atoms with Crippen molar-refractivity contribution < 1.29 is 14.3 Å². The lowest BCUT2D eigenvalue weighted by Gasteiger charge is -2.10. The van der Waals surface area contributed by atoms with Gasteiger partial charge in [0.05, 0.1) is 24.8 Å². The summed E-state index contributed by atoms with van der Waals surface area (Å²) in [4.78, 5) is 16.2. The summed E-state index contributed by atoms with van der Waals surface area (Å²) in [7, 11) is 2.99. The summed E-state index contributed by atoms with van der Waals surface area (Å²) in [5.41, 5.74) is 1.22. The van der Waals surface area contributed by atoms with E-state index in [4.69, 9.17) is 21.1 Å². The maximum Gasteiger partial charge on any atom is 0.189 e. The van der Waals surface area contributed by atoms with Gasteiger partial charge in [-0.25, -0.2) is 0 Å². The molecule has 0 saturated carbocycles. The maximum atomic E-state index is 12.3. The molecule has 0 saturated heterocycles. The number of nitrogens with zero attached hydrogens (tertiary/aromatic N) is 1. The van der Waals surface area contributed by atoms with Gasteiger partial charge in [-0.3, -0.25) is 9.78 Å². The van der Waals surface area contributed by atoms with Crippen molar-refractivity contribution in [2.24, 2.45) is 0 Å². The lowest BCUT2D eigenvalue weighted by molar-refractivity contribution is 0.104. The first-order chi connectivity index (χ1) is 10.2. The molecule has 1 aromatic heterocycles. The van der Waals surface area contributed by atoms with Gasteiger partial charge in [-0.2, -0.15) is 0 Å². The van der Waals surface area contributed by atoms with Crippen LogP contribution in [-0.4, -0.2) is 25.0 Å². The first-order valence-electron chi connectivity index (χ1n) is 6.19. The van der Waals surface area contributed by atoms with Crippen molar-refractivity contribution in [2.75, 3.05) is 14.2 Å². The molecule has 0 atom stereocenters. The first kappa shape index (κ1) is 15.1. The number of hydrogen-bond acceptors (Lipinski definition) is 4. The van der Waals surface area contributed by atoms with Crippen molar-refractivity contribution >= 4 is 23.5 Å². The van der Waals surface area contributed by atoms with Crippen molar-refractivity contribution in [1.82, 2.24) is 4.98 Å². The molecular weight excluding hydrogens is 290 g/mol. The molecule has 0 N–H and O–H groups in total. The number of carbonyl (C=O) groups is 1. The van der Waals surface area contributed by atoms with Crippen molar-refractivity contribution in [3.63, 3.8) is 0 Å². The number of methoxy groups -OCH3 is 2. The van der Waals surface area contributed by atoms with E-state index in [1.165, 1.54) is 26.4 Å². The number of ketones is 1. The van der Waals surface area contributed by atoms with Gasteiger partial charge in [0.25, 0.3) is 0 Å². The van der Waals surface area contributed by atoms with Crippen LogP contribution in [0, 0.1) is 0 Å². The Morgan fingerprint density at radius 2 is 2.00 bits per heavy atom. The minimum Gasteiger partial charge on any atom is -0.496 e. The van der Waals surface area contributed by atoms with Gasteiger partial charge < -0.3 is 9.47 Å². The molecule has 0 radical (unpaired) electrons. The van der Waals surface area contributed by atoms with Crippen LogP contribution in [0.15, 0.2) is 42.7 Å². The third-order valence-corrected chi connectivity index (χ3v) is 3.15. The molecule has 4 nitrogen and oxygen atoms in total. The average Bonchev–Trinajstić information content (AvgIpc) is 2.53. The molecule has 21 heavy (non-hydrogen) atoms. The van der Waals surface area contributed by atoms with Crippen molar-refractivity contribution in [3.8, 4) is 11.5 Å². The summed E-state index contributed by atoms with van der Waals surface area (Å²) in [6.07, 6.45) is 6.48. The molecule has 0 aliphatic rings. The van der Waals surface area contributed by atoms with Crippen molar-refractivity contribution in [3.05, 3.63) is 58.9 Å². The average molecular weight is 304 g/mol. The molecule has 0 spiro atoms. The summed E-state index contributed by atoms with van der Waals surface area (Å²) < 4.78 is 10.3. The summed E-state index contributed by atoms with van der Waals surface area (Å²) in [6.45, 7) is 0. The van der Waals surface area contributed by atoms with Crippen molar-refractivity contribution in [1.29, 1.82) is 0 Å². The van der Waals surface area contributed by atoms with Gasteiger partial charge >= 0.3 is 0 Å². The zero-order valence-electron chi connectivity index (χ0n) is 11.7. The third-order valence-electron chi connectivity index (χ3n) is 2.85. The SMILES string of the molecule is COc1cc(OC)c(C(=O)C=Cc2cccnc2)cc1Cl. The Kier molecular flexibility index (Phi) is 4.95. The number of benzene rings is 1. The molecular formula is C16H14ClNO3. The first-order valence-corrected chi connectivity index (χ1v) is 6.57. The molecule has 0 aliphatic carbocycles. The predicted octanol–water partition coefficient (Wildman–Crippen LogP) is 3.65. The summed E-state index contributed by atoms with van der Waals surface area (Å²) >= 11 is 6.05. The van der Waals surface area contributed by atoms with Crippen LogP contribution in [0.4, 0.5) is 0 Å². The molecule has 1 aromatic carbocycles. The largest absolute Gasteiger partial charge is 0.496 e. The normalized spacial score (nSPS) is 10.6. The molecule has 0 unspecified atom stereocenters. The lowest BCUT2D eigenvalue weighted by Crippen LogP contribution is -2.00. The smallest absolute Gasteiger partial charge is 0.189 e. The molecule has 0 bridgehead atoms. The number of hydrogen-bond donors (Lipinski definition) is 0. The molecule has 1 heterocycles. The van der Waals surface area contributed by atoms with E-state index in [0.717, 1.165) is 5.56 Å². The third kappa shape index (κ3) is 3.61. The number of allylic oxidation sites excluding steroid dienone is 1. The fraction of sp³-hybridized carbons (Fsp3) is 0.125. The van der Waals surface area contributed by atoms with E-state index in [0.29, 0.717) is 22.1 Å². The van der Waals surface area contributed by atoms with E-state index in [9.17, 15) is 4.79 Å². The van der Waals surface area contributed by atoms with Crippen LogP contribution < -0.4 is 9.47 Å². The standard InChI is InChI=1S/C16H14ClNO3/c1-20-15-9-16(21-2)13(17)8-12(15)14(19)6-5-11-4-3-7-18-10-11/h3-10H,1-2H3. The van der Waals surface area contributed by atoms with E-state index in [1.54, 1.807) is 30.6 Å². The second kappa shape index (κ2) is 6.90. The number of carbonyl (C=O) groups excluding carboxylic acids is 1. The molecule has 2 aromatic rings. The highest BCUT2D eigenvalue weighted by Crippen LogP contribution is 2.32. The molecule has 0 amide bonds. The summed E-state index contributed by atoms with van der Waals surface area (Å²) in [5.74, 6) is 0.665. The molecule has 0 aliphatic heterocycles. The van der Waals surface area contributed by atoms with E-state index < -0.39 is 0 Å². The highest BCUT2D eigenvalue weighted by molar-refractivity contribution is 6.32. The fourth-order valence-electron chi connectivity index (χ4n) is 1.79. The quantitative estimate of drug-likeness (QED) is 0.625. The van der Waals surface area contributed by atoms with Gasteiger partial charge in [0.15, 0.2) is 5.78 Å². The highest BCUT2D eigenvalue weighted by atomic mass is 35.5. The highest BCUT2D eigenvalue weighted by Gasteiger charge is 2.14. The lowest BCUT2D eigenvalue weighted by atomic mass is 10.1. The van der Waals surface area contributed by atoms with Gasteiger partial charge in [0, 0.05) is 18.5 Å². The van der Waals surface area contributed by atoms with E-state index in [1.807, 2.05) is 6.07 Å². The Labute approximate surface area is 128 Å². The second-order valence-corrected chi connectivity index (χ2v) is 4.58. The minimum atomic E-state index is -0.208. The number of rotatable bonds is 5. The summed E-state index contributed by atoms with van der Waals surface area (Å²) in [5, 5.41) is 0.358. The molecule has 5 heteroatoms. The Morgan fingerprint density at radius 3 is 2.62 bits per heavy atom. The van der Waals surface area contributed by atoms with Gasteiger partial charge in [-0.1, -0.05) is 17.7 Å². The molecule has 0 fully saturated rings. The van der Waals surface area contributed by atoms with Gasteiger partial charge in [0.1, 0.15) is 11.5 Å². The van der Waals surface area contributed by atoms with Crippen LogP contribution in [0.1, 0.15) is 15.9 Å². The topological polar surface area (TPSA) is 48.4 Å².